The van der Waals surface area contributed by atoms with E-state index in [9.17, 15) is 13.2 Å². The molecule has 0 unspecified atom stereocenters. The summed E-state index contributed by atoms with van der Waals surface area (Å²) in [5.74, 6) is 1.86. The molecule has 1 aliphatic carbocycles. The molecule has 0 heterocycles. The summed E-state index contributed by atoms with van der Waals surface area (Å²) in [6, 6.07) is 5.60. The molecular weight excluding hydrogens is 300 g/mol. The lowest BCUT2D eigenvalue weighted by Crippen LogP contribution is -2.41. The first-order valence-electron chi connectivity index (χ1n) is 7.32. The third-order valence-corrected chi connectivity index (χ3v) is 5.89. The highest BCUT2D eigenvalue weighted by Crippen LogP contribution is 2.27. The maximum atomic E-state index is 12.8. The van der Waals surface area contributed by atoms with E-state index >= 15 is 0 Å². The summed E-state index contributed by atoms with van der Waals surface area (Å²) in [6.07, 6.45) is 10.2. The Morgan fingerprint density at radius 2 is 1.82 bits per heavy atom. The molecule has 118 valence electrons. The van der Waals surface area contributed by atoms with E-state index in [2.05, 4.69) is 5.92 Å². The van der Waals surface area contributed by atoms with Gasteiger partial charge in [0, 0.05) is 11.6 Å². The van der Waals surface area contributed by atoms with Crippen LogP contribution < -0.4 is 5.73 Å². The minimum atomic E-state index is -3.67. The number of hydrogen-bond acceptors (Lipinski definition) is 3. The first-order valence-corrected chi connectivity index (χ1v) is 8.76. The number of carbonyl (C=O) groups excluding carboxylic acids is 1. The topological polar surface area (TPSA) is 80.5 Å². The summed E-state index contributed by atoms with van der Waals surface area (Å²) >= 11 is 0. The smallest absolute Gasteiger partial charge is 0.248 e. The standard InChI is InChI=1S/C16H20N2O3S/c1-2-12-18(14-6-4-3-5-7-14)22(20,21)15-10-8-13(9-11-15)16(17)19/h1,8-11,14H,3-7,12H2,(H2,17,19). The summed E-state index contributed by atoms with van der Waals surface area (Å²) in [5.41, 5.74) is 5.45. The number of nitrogens with zero attached hydrogens (tertiary/aromatic N) is 1. The van der Waals surface area contributed by atoms with Crippen LogP contribution in [0.2, 0.25) is 0 Å². The molecule has 1 amide bonds. The largest absolute Gasteiger partial charge is 0.366 e. The van der Waals surface area contributed by atoms with E-state index in [4.69, 9.17) is 12.2 Å². The van der Waals surface area contributed by atoms with Crippen molar-refractivity contribution in [1.29, 1.82) is 0 Å². The number of hydrogen-bond donors (Lipinski definition) is 1. The fraction of sp³-hybridized carbons (Fsp3) is 0.438. The van der Waals surface area contributed by atoms with Crippen LogP contribution in [0.1, 0.15) is 42.5 Å². The molecule has 1 saturated carbocycles. The van der Waals surface area contributed by atoms with Gasteiger partial charge in [0.25, 0.3) is 0 Å². The minimum Gasteiger partial charge on any atom is -0.366 e. The van der Waals surface area contributed by atoms with Crippen molar-refractivity contribution in [3.63, 3.8) is 0 Å². The van der Waals surface area contributed by atoms with E-state index in [0.717, 1.165) is 32.1 Å². The predicted molar refractivity (Wildman–Crippen MR) is 84.6 cm³/mol. The SMILES string of the molecule is C#CCN(C1CCCCC1)S(=O)(=O)c1ccc(C(N)=O)cc1. The van der Waals surface area contributed by atoms with Gasteiger partial charge < -0.3 is 5.73 Å². The Hall–Kier alpha value is -1.84. The molecule has 0 aliphatic heterocycles. The minimum absolute atomic E-state index is 0.0504. The molecule has 22 heavy (non-hydrogen) atoms. The lowest BCUT2D eigenvalue weighted by molar-refractivity contribution is 0.1000. The van der Waals surface area contributed by atoms with Gasteiger partial charge >= 0.3 is 0 Å². The third kappa shape index (κ3) is 3.49. The molecule has 0 saturated heterocycles. The lowest BCUT2D eigenvalue weighted by atomic mass is 9.95. The summed E-state index contributed by atoms with van der Waals surface area (Å²) in [4.78, 5) is 11.2. The molecular formula is C16H20N2O3S. The van der Waals surface area contributed by atoms with Crippen LogP contribution in [0.3, 0.4) is 0 Å². The maximum absolute atomic E-state index is 12.8. The van der Waals surface area contributed by atoms with Gasteiger partial charge in [0.05, 0.1) is 11.4 Å². The number of sulfonamides is 1. The van der Waals surface area contributed by atoms with Crippen molar-refractivity contribution in [2.24, 2.45) is 5.73 Å². The zero-order valence-electron chi connectivity index (χ0n) is 12.4. The average Bonchev–Trinajstić information content (AvgIpc) is 2.53. The molecule has 0 aromatic heterocycles. The van der Waals surface area contributed by atoms with Crippen molar-refractivity contribution in [3.8, 4) is 12.3 Å². The van der Waals surface area contributed by atoms with E-state index < -0.39 is 15.9 Å². The number of primary amides is 1. The molecule has 0 radical (unpaired) electrons. The van der Waals surface area contributed by atoms with Crippen molar-refractivity contribution in [1.82, 2.24) is 4.31 Å². The average molecular weight is 320 g/mol. The van der Waals surface area contributed by atoms with Gasteiger partial charge in [-0.25, -0.2) is 8.42 Å². The molecule has 1 aromatic carbocycles. The first-order chi connectivity index (χ1) is 10.5. The van der Waals surface area contributed by atoms with E-state index in [1.807, 2.05) is 0 Å². The van der Waals surface area contributed by atoms with Crippen LogP contribution >= 0.6 is 0 Å². The molecule has 1 aliphatic rings. The van der Waals surface area contributed by atoms with Crippen LogP contribution in [0.5, 0.6) is 0 Å². The fourth-order valence-corrected chi connectivity index (χ4v) is 4.39. The monoisotopic (exact) mass is 320 g/mol. The van der Waals surface area contributed by atoms with Crippen LogP contribution in [0.4, 0.5) is 0 Å². The van der Waals surface area contributed by atoms with Crippen molar-refractivity contribution in [2.75, 3.05) is 6.54 Å². The van der Waals surface area contributed by atoms with Gasteiger partial charge in [-0.1, -0.05) is 25.2 Å². The Balaban J connectivity index is 2.32. The van der Waals surface area contributed by atoms with Gasteiger partial charge in [-0.3, -0.25) is 4.79 Å². The Kier molecular flexibility index (Phi) is 5.22. The Morgan fingerprint density at radius 1 is 1.23 bits per heavy atom. The number of nitrogens with two attached hydrogens (primary N) is 1. The molecule has 1 fully saturated rings. The summed E-state index contributed by atoms with van der Waals surface area (Å²) < 4.78 is 27.0. The molecule has 6 heteroatoms. The second-order valence-corrected chi connectivity index (χ2v) is 7.33. The van der Waals surface area contributed by atoms with Gasteiger partial charge in [0.15, 0.2) is 0 Å². The van der Waals surface area contributed by atoms with Gasteiger partial charge in [-0.2, -0.15) is 4.31 Å². The lowest BCUT2D eigenvalue weighted by Gasteiger charge is -2.32. The maximum Gasteiger partial charge on any atom is 0.248 e. The highest BCUT2D eigenvalue weighted by atomic mass is 32.2. The Bertz CT molecular complexity index is 668. The number of terminal acetylenes is 1. The van der Waals surface area contributed by atoms with Crippen molar-refractivity contribution in [3.05, 3.63) is 29.8 Å². The number of carbonyl (C=O) groups is 1. The van der Waals surface area contributed by atoms with Gasteiger partial charge in [0.2, 0.25) is 15.9 Å². The van der Waals surface area contributed by atoms with Gasteiger partial charge in [-0.05, 0) is 37.1 Å². The molecule has 1 aromatic rings. The zero-order chi connectivity index (χ0) is 16.2. The first kappa shape index (κ1) is 16.5. The van der Waals surface area contributed by atoms with Crippen LogP contribution in [0.15, 0.2) is 29.2 Å². The summed E-state index contributed by atoms with van der Waals surface area (Å²) in [7, 11) is -3.67. The van der Waals surface area contributed by atoms with Crippen molar-refractivity contribution < 1.29 is 13.2 Å². The van der Waals surface area contributed by atoms with Crippen LogP contribution in [0.25, 0.3) is 0 Å². The normalized spacial score (nSPS) is 16.4. The highest BCUT2D eigenvalue weighted by Gasteiger charge is 2.31. The van der Waals surface area contributed by atoms with Crippen LogP contribution in [-0.4, -0.2) is 31.2 Å². The van der Waals surface area contributed by atoms with Crippen LogP contribution in [0, 0.1) is 12.3 Å². The van der Waals surface area contributed by atoms with Crippen LogP contribution in [-0.2, 0) is 10.0 Å². The second-order valence-electron chi connectivity index (χ2n) is 5.43. The van der Waals surface area contributed by atoms with E-state index in [0.29, 0.717) is 0 Å². The molecule has 5 nitrogen and oxygen atoms in total. The molecule has 2 rings (SSSR count). The van der Waals surface area contributed by atoms with Crippen molar-refractivity contribution >= 4 is 15.9 Å². The number of benzene rings is 1. The molecule has 2 N–H and O–H groups in total. The van der Waals surface area contributed by atoms with Gasteiger partial charge in [0.1, 0.15) is 0 Å². The molecule has 0 atom stereocenters. The quantitative estimate of drug-likeness (QED) is 0.839. The number of rotatable bonds is 5. The fourth-order valence-electron chi connectivity index (χ4n) is 2.80. The second kappa shape index (κ2) is 6.95. The summed E-state index contributed by atoms with van der Waals surface area (Å²) in [5, 5.41) is 0. The van der Waals surface area contributed by atoms with E-state index in [-0.39, 0.29) is 23.0 Å². The van der Waals surface area contributed by atoms with E-state index in [1.165, 1.54) is 28.6 Å². The zero-order valence-corrected chi connectivity index (χ0v) is 13.2. The predicted octanol–water partition coefficient (Wildman–Crippen LogP) is 1.74. The van der Waals surface area contributed by atoms with Crippen molar-refractivity contribution in [2.45, 2.75) is 43.0 Å². The van der Waals surface area contributed by atoms with E-state index in [1.54, 1.807) is 0 Å². The number of amides is 1. The third-order valence-electron chi connectivity index (χ3n) is 3.97. The van der Waals surface area contributed by atoms with Gasteiger partial charge in [-0.15, -0.1) is 6.42 Å². The highest BCUT2D eigenvalue weighted by molar-refractivity contribution is 7.89. The molecule has 0 bridgehead atoms. The Morgan fingerprint density at radius 3 is 2.32 bits per heavy atom. The summed E-state index contributed by atoms with van der Waals surface area (Å²) in [6.45, 7) is 0.0601. The molecule has 0 spiro atoms. The Labute approximate surface area is 131 Å².